The first-order chi connectivity index (χ1) is 13.1. The topological polar surface area (TPSA) is 42.0 Å². The zero-order valence-electron chi connectivity index (χ0n) is 15.2. The summed E-state index contributed by atoms with van der Waals surface area (Å²) in [5, 5.41) is 0. The van der Waals surface area contributed by atoms with Crippen molar-refractivity contribution in [3.63, 3.8) is 0 Å². The van der Waals surface area contributed by atoms with E-state index in [4.69, 9.17) is 9.47 Å². The quantitative estimate of drug-likeness (QED) is 0.790. The lowest BCUT2D eigenvalue weighted by atomic mass is 9.78. The van der Waals surface area contributed by atoms with E-state index in [0.29, 0.717) is 31.0 Å². The van der Waals surface area contributed by atoms with Gasteiger partial charge in [0.2, 0.25) is 0 Å². The number of rotatable bonds is 2. The van der Waals surface area contributed by atoms with Gasteiger partial charge in [-0.1, -0.05) is 0 Å². The Morgan fingerprint density at radius 2 is 1.81 bits per heavy atom. The molecule has 0 saturated carbocycles. The summed E-state index contributed by atoms with van der Waals surface area (Å²) >= 11 is 0. The summed E-state index contributed by atoms with van der Waals surface area (Å²) < 4.78 is 39.0. The highest BCUT2D eigenvalue weighted by Gasteiger charge is 2.50. The number of carbonyl (C=O) groups excluding carboxylic acids is 1. The largest absolute Gasteiger partial charge is 0.444 e. The maximum absolute atomic E-state index is 14.1. The van der Waals surface area contributed by atoms with Crippen molar-refractivity contribution in [3.8, 4) is 0 Å². The number of piperidine rings is 3. The van der Waals surface area contributed by atoms with Gasteiger partial charge in [-0.2, -0.15) is 0 Å². The zero-order valence-corrected chi connectivity index (χ0v) is 15.2. The third-order valence-electron chi connectivity index (χ3n) is 6.42. The van der Waals surface area contributed by atoms with Crippen molar-refractivity contribution in [2.75, 3.05) is 18.0 Å². The van der Waals surface area contributed by atoms with Crippen molar-refractivity contribution in [1.29, 1.82) is 0 Å². The van der Waals surface area contributed by atoms with E-state index >= 15 is 0 Å². The second kappa shape index (κ2) is 6.62. The summed E-state index contributed by atoms with van der Waals surface area (Å²) in [6.45, 7) is 1.11. The Kier molecular flexibility index (Phi) is 4.22. The van der Waals surface area contributed by atoms with Gasteiger partial charge in [-0.25, -0.2) is 13.6 Å². The smallest absolute Gasteiger partial charge is 0.410 e. The molecule has 5 nitrogen and oxygen atoms in total. The molecule has 0 radical (unpaired) electrons. The molecule has 1 atom stereocenters. The maximum Gasteiger partial charge on any atom is 0.410 e. The number of halogens is 2. The second-order valence-electron chi connectivity index (χ2n) is 8.23. The van der Waals surface area contributed by atoms with Crippen LogP contribution >= 0.6 is 0 Å². The first kappa shape index (κ1) is 17.2. The SMILES string of the molecule is O=C(OC1CCCN(c2ccc(F)cc2F)C1)N1C2CC3CC1CC(C2)O3. The van der Waals surface area contributed by atoms with Crippen LogP contribution in [0, 0.1) is 11.6 Å². The van der Waals surface area contributed by atoms with Gasteiger partial charge in [-0.3, -0.25) is 0 Å². The van der Waals surface area contributed by atoms with Crippen LogP contribution in [-0.4, -0.2) is 54.5 Å². The van der Waals surface area contributed by atoms with E-state index < -0.39 is 11.6 Å². The number of anilines is 1. The van der Waals surface area contributed by atoms with Crippen molar-refractivity contribution in [2.45, 2.75) is 68.9 Å². The highest BCUT2D eigenvalue weighted by atomic mass is 19.1. The molecule has 1 amide bonds. The van der Waals surface area contributed by atoms with Crippen LogP contribution in [0.1, 0.15) is 38.5 Å². The molecule has 6 rings (SSSR count). The van der Waals surface area contributed by atoms with Crippen LogP contribution in [0.2, 0.25) is 0 Å². The second-order valence-corrected chi connectivity index (χ2v) is 8.23. The van der Waals surface area contributed by atoms with Crippen LogP contribution < -0.4 is 4.90 Å². The number of hydrogen-bond donors (Lipinski definition) is 0. The lowest BCUT2D eigenvalue weighted by molar-refractivity contribution is -0.174. The summed E-state index contributed by atoms with van der Waals surface area (Å²) in [5.74, 6) is -1.17. The number of carbonyl (C=O) groups is 1. The van der Waals surface area contributed by atoms with Gasteiger partial charge in [-0.05, 0) is 50.7 Å². The maximum atomic E-state index is 14.1. The number of nitrogens with zero attached hydrogens (tertiary/aromatic N) is 2. The highest BCUT2D eigenvalue weighted by molar-refractivity contribution is 5.69. The Labute approximate surface area is 157 Å². The normalized spacial score (nSPS) is 34.8. The molecule has 4 bridgehead atoms. The predicted molar refractivity (Wildman–Crippen MR) is 94.6 cm³/mol. The third kappa shape index (κ3) is 3.16. The first-order valence-corrected chi connectivity index (χ1v) is 9.91. The minimum absolute atomic E-state index is 0.225. The zero-order chi connectivity index (χ0) is 18.5. The van der Waals surface area contributed by atoms with Crippen LogP contribution in [0.3, 0.4) is 0 Å². The van der Waals surface area contributed by atoms with Crippen LogP contribution in [0.25, 0.3) is 0 Å². The molecule has 146 valence electrons. The van der Waals surface area contributed by atoms with E-state index in [0.717, 1.165) is 44.6 Å². The summed E-state index contributed by atoms with van der Waals surface area (Å²) in [6, 6.07) is 4.06. The van der Waals surface area contributed by atoms with Gasteiger partial charge in [0.1, 0.15) is 17.7 Å². The van der Waals surface area contributed by atoms with E-state index in [1.54, 1.807) is 0 Å². The average molecular weight is 378 g/mol. The molecule has 5 saturated heterocycles. The summed E-state index contributed by atoms with van der Waals surface area (Å²) in [6.07, 6.45) is 5.26. The van der Waals surface area contributed by atoms with Crippen molar-refractivity contribution in [3.05, 3.63) is 29.8 Å². The fourth-order valence-electron chi connectivity index (χ4n) is 5.34. The molecular weight excluding hydrogens is 354 g/mol. The molecule has 1 aromatic carbocycles. The van der Waals surface area contributed by atoms with E-state index in [1.165, 1.54) is 12.1 Å². The predicted octanol–water partition coefficient (Wildman–Crippen LogP) is 3.46. The van der Waals surface area contributed by atoms with E-state index in [1.807, 2.05) is 9.80 Å². The molecule has 7 heteroatoms. The highest BCUT2D eigenvalue weighted by Crippen LogP contribution is 2.43. The number of ether oxygens (including phenoxy) is 2. The first-order valence-electron chi connectivity index (χ1n) is 9.91. The van der Waals surface area contributed by atoms with Crippen LogP contribution in [-0.2, 0) is 9.47 Å². The number of hydrogen-bond acceptors (Lipinski definition) is 4. The lowest BCUT2D eigenvalue weighted by Gasteiger charge is -2.55. The summed E-state index contributed by atoms with van der Waals surface area (Å²) in [7, 11) is 0. The van der Waals surface area contributed by atoms with Crippen LogP contribution in [0.15, 0.2) is 18.2 Å². The minimum atomic E-state index is -0.588. The van der Waals surface area contributed by atoms with E-state index in [-0.39, 0.29) is 24.3 Å². The third-order valence-corrected chi connectivity index (χ3v) is 6.42. The Bertz CT molecular complexity index is 716. The standard InChI is InChI=1S/C20H24F2N2O3/c21-12-3-4-19(18(22)6-12)23-5-1-2-15(11-23)27-20(25)24-13-7-16-9-14(24)10-17(8-13)26-16/h3-4,6,13-17H,1-2,5,7-11H2. The molecule has 5 aliphatic heterocycles. The minimum Gasteiger partial charge on any atom is -0.444 e. The van der Waals surface area contributed by atoms with Gasteiger partial charge < -0.3 is 19.3 Å². The molecule has 5 aliphatic rings. The van der Waals surface area contributed by atoms with Gasteiger partial charge in [0.25, 0.3) is 0 Å². The molecule has 1 aromatic rings. The lowest BCUT2D eigenvalue weighted by Crippen LogP contribution is -2.64. The Hall–Kier alpha value is -1.89. The Morgan fingerprint density at radius 3 is 2.48 bits per heavy atom. The molecule has 0 aliphatic carbocycles. The van der Waals surface area contributed by atoms with Crippen molar-refractivity contribution < 1.29 is 23.0 Å². The summed E-state index contributed by atoms with van der Waals surface area (Å²) in [4.78, 5) is 16.7. The van der Waals surface area contributed by atoms with Crippen LogP contribution in [0.5, 0.6) is 0 Å². The van der Waals surface area contributed by atoms with Gasteiger partial charge in [0.05, 0.1) is 24.4 Å². The van der Waals surface area contributed by atoms with Crippen molar-refractivity contribution in [2.24, 2.45) is 0 Å². The van der Waals surface area contributed by atoms with Gasteiger partial charge in [0, 0.05) is 24.7 Å². The molecule has 0 N–H and O–H groups in total. The molecular formula is C20H24F2N2O3. The van der Waals surface area contributed by atoms with Gasteiger partial charge in [-0.15, -0.1) is 0 Å². The molecule has 5 fully saturated rings. The molecule has 27 heavy (non-hydrogen) atoms. The number of amides is 1. The van der Waals surface area contributed by atoms with E-state index in [9.17, 15) is 13.6 Å². The van der Waals surface area contributed by atoms with Gasteiger partial charge in [0.15, 0.2) is 0 Å². The fraction of sp³-hybridized carbons (Fsp3) is 0.650. The van der Waals surface area contributed by atoms with E-state index in [2.05, 4.69) is 0 Å². The molecule has 0 spiro atoms. The number of benzene rings is 1. The van der Waals surface area contributed by atoms with Crippen molar-refractivity contribution >= 4 is 11.8 Å². The van der Waals surface area contributed by atoms with Gasteiger partial charge >= 0.3 is 6.09 Å². The molecule has 1 unspecified atom stereocenters. The molecule has 5 heterocycles. The average Bonchev–Trinajstić information content (AvgIpc) is 2.61. The summed E-state index contributed by atoms with van der Waals surface area (Å²) in [5.41, 5.74) is 0.365. The Balaban J connectivity index is 1.25. The monoisotopic (exact) mass is 378 g/mol. The Morgan fingerprint density at radius 1 is 1.11 bits per heavy atom. The van der Waals surface area contributed by atoms with Crippen LogP contribution in [0.4, 0.5) is 19.3 Å². The fourth-order valence-corrected chi connectivity index (χ4v) is 5.34. The van der Waals surface area contributed by atoms with Crippen molar-refractivity contribution in [1.82, 2.24) is 4.90 Å². The molecule has 0 aromatic heterocycles.